The predicted octanol–water partition coefficient (Wildman–Crippen LogP) is 3.44. The highest BCUT2D eigenvalue weighted by Crippen LogP contribution is 2.24. The summed E-state index contributed by atoms with van der Waals surface area (Å²) in [5.41, 5.74) is -0.327. The Labute approximate surface area is 127 Å². The van der Waals surface area contributed by atoms with Gasteiger partial charge in [0.05, 0.1) is 10.5 Å². The van der Waals surface area contributed by atoms with Gasteiger partial charge >= 0.3 is 11.4 Å². The lowest BCUT2D eigenvalue weighted by Gasteiger charge is -2.09. The Hall–Kier alpha value is -0.780. The molecule has 0 radical (unpaired) electrons. The van der Waals surface area contributed by atoms with Crippen LogP contribution in [0.5, 0.6) is 0 Å². The molecule has 0 amide bonds. The van der Waals surface area contributed by atoms with Gasteiger partial charge in [-0.2, -0.15) is 0 Å². The Morgan fingerprint density at radius 1 is 1.21 bits per heavy atom. The maximum Gasteiger partial charge on any atom is 0.422 e. The number of aromatic nitrogens is 1. The smallest absolute Gasteiger partial charge is 0.372 e. The first-order valence-corrected chi connectivity index (χ1v) is 7.51. The molecule has 0 bridgehead atoms. The molecule has 1 aromatic carbocycles. The molecule has 102 valence electrons. The SMILES string of the molecule is O=c1oc(=O)n(CCCCBr)c2cc(Cl)cc(Cl)c12. The van der Waals surface area contributed by atoms with Crippen molar-refractivity contribution in [3.8, 4) is 0 Å². The zero-order chi connectivity index (χ0) is 14.0. The molecule has 0 aliphatic carbocycles. The molecule has 1 heterocycles. The van der Waals surface area contributed by atoms with E-state index in [2.05, 4.69) is 20.3 Å². The summed E-state index contributed by atoms with van der Waals surface area (Å²) >= 11 is 15.2. The maximum absolute atomic E-state index is 11.8. The summed E-state index contributed by atoms with van der Waals surface area (Å²) in [5.74, 6) is -0.689. The van der Waals surface area contributed by atoms with Gasteiger partial charge in [-0.3, -0.25) is 4.57 Å². The van der Waals surface area contributed by atoms with Gasteiger partial charge in [0.25, 0.3) is 0 Å². The molecule has 19 heavy (non-hydrogen) atoms. The zero-order valence-corrected chi connectivity index (χ0v) is 12.9. The van der Waals surface area contributed by atoms with Gasteiger partial charge in [0.1, 0.15) is 5.39 Å². The molecule has 7 heteroatoms. The van der Waals surface area contributed by atoms with Crippen molar-refractivity contribution in [3.63, 3.8) is 0 Å². The van der Waals surface area contributed by atoms with Crippen LogP contribution in [0.25, 0.3) is 10.9 Å². The number of hydrogen-bond donors (Lipinski definition) is 0. The number of unbranched alkanes of at least 4 members (excludes halogenated alkanes) is 1. The van der Waals surface area contributed by atoms with Crippen molar-refractivity contribution < 1.29 is 4.42 Å². The summed E-state index contributed by atoms with van der Waals surface area (Å²) in [7, 11) is 0. The molecule has 1 aromatic heterocycles. The van der Waals surface area contributed by atoms with E-state index in [1.165, 1.54) is 10.6 Å². The van der Waals surface area contributed by atoms with Crippen molar-refractivity contribution >= 4 is 50.0 Å². The van der Waals surface area contributed by atoms with Crippen LogP contribution in [0.3, 0.4) is 0 Å². The van der Waals surface area contributed by atoms with E-state index in [1.807, 2.05) is 0 Å². The van der Waals surface area contributed by atoms with Gasteiger partial charge in [-0.05, 0) is 25.0 Å². The minimum atomic E-state index is -0.738. The number of fused-ring (bicyclic) bond motifs is 1. The van der Waals surface area contributed by atoms with Crippen LogP contribution in [0.4, 0.5) is 0 Å². The molecular weight excluding hydrogens is 357 g/mol. The second kappa shape index (κ2) is 6.11. The molecule has 0 saturated heterocycles. The third-order valence-electron chi connectivity index (χ3n) is 2.69. The van der Waals surface area contributed by atoms with Gasteiger partial charge in [0.2, 0.25) is 0 Å². The van der Waals surface area contributed by atoms with Gasteiger partial charge < -0.3 is 4.42 Å². The Kier molecular flexibility index (Phi) is 4.71. The minimum Gasteiger partial charge on any atom is -0.372 e. The second-order valence-electron chi connectivity index (χ2n) is 3.98. The molecule has 0 atom stereocenters. The molecule has 4 nitrogen and oxygen atoms in total. The molecule has 0 fully saturated rings. The first-order chi connectivity index (χ1) is 9.04. The van der Waals surface area contributed by atoms with E-state index in [0.717, 1.165) is 18.2 Å². The van der Waals surface area contributed by atoms with E-state index in [1.54, 1.807) is 6.07 Å². The number of alkyl halides is 1. The van der Waals surface area contributed by atoms with Crippen molar-refractivity contribution in [1.29, 1.82) is 0 Å². The van der Waals surface area contributed by atoms with Crippen LogP contribution in [0.1, 0.15) is 12.8 Å². The van der Waals surface area contributed by atoms with Gasteiger partial charge in [-0.1, -0.05) is 39.1 Å². The Balaban J connectivity index is 2.68. The fourth-order valence-electron chi connectivity index (χ4n) is 1.83. The summed E-state index contributed by atoms with van der Waals surface area (Å²) in [4.78, 5) is 23.5. The largest absolute Gasteiger partial charge is 0.422 e. The summed E-state index contributed by atoms with van der Waals surface area (Å²) in [6.45, 7) is 0.446. The number of halogens is 3. The van der Waals surface area contributed by atoms with Crippen molar-refractivity contribution in [2.45, 2.75) is 19.4 Å². The van der Waals surface area contributed by atoms with Gasteiger partial charge in [0.15, 0.2) is 0 Å². The van der Waals surface area contributed by atoms with Crippen LogP contribution in [-0.4, -0.2) is 9.90 Å². The second-order valence-corrected chi connectivity index (χ2v) is 5.62. The molecule has 0 unspecified atom stereocenters. The fraction of sp³-hybridized carbons (Fsp3) is 0.333. The molecular formula is C12H10BrCl2NO3. The lowest BCUT2D eigenvalue weighted by molar-refractivity contribution is 0.412. The van der Waals surface area contributed by atoms with Crippen molar-refractivity contribution in [2.75, 3.05) is 5.33 Å². The fourth-order valence-corrected chi connectivity index (χ4v) is 2.79. The Bertz CT molecular complexity index is 723. The van der Waals surface area contributed by atoms with Gasteiger partial charge in [-0.15, -0.1) is 0 Å². The van der Waals surface area contributed by atoms with Gasteiger partial charge in [0, 0.05) is 16.9 Å². The number of nitrogens with zero attached hydrogens (tertiary/aromatic N) is 1. The zero-order valence-electron chi connectivity index (χ0n) is 9.79. The number of benzene rings is 1. The van der Waals surface area contributed by atoms with E-state index < -0.39 is 11.4 Å². The first-order valence-electron chi connectivity index (χ1n) is 5.63. The third kappa shape index (κ3) is 3.04. The topological polar surface area (TPSA) is 52.2 Å². The minimum absolute atomic E-state index is 0.185. The Morgan fingerprint density at radius 3 is 2.63 bits per heavy atom. The molecule has 0 N–H and O–H groups in total. The van der Waals surface area contributed by atoms with Crippen LogP contribution in [-0.2, 0) is 6.54 Å². The van der Waals surface area contributed by atoms with E-state index in [0.29, 0.717) is 17.1 Å². The van der Waals surface area contributed by atoms with Crippen LogP contribution >= 0.6 is 39.1 Å². The highest BCUT2D eigenvalue weighted by molar-refractivity contribution is 9.09. The van der Waals surface area contributed by atoms with Crippen LogP contribution in [0.2, 0.25) is 10.0 Å². The highest BCUT2D eigenvalue weighted by Gasteiger charge is 2.13. The molecule has 0 aliphatic heterocycles. The van der Waals surface area contributed by atoms with Crippen molar-refractivity contribution in [2.24, 2.45) is 0 Å². The Morgan fingerprint density at radius 2 is 1.95 bits per heavy atom. The van der Waals surface area contributed by atoms with Crippen molar-refractivity contribution in [3.05, 3.63) is 43.1 Å². The first kappa shape index (κ1) is 14.6. The lowest BCUT2D eigenvalue weighted by atomic mass is 10.2. The van der Waals surface area contributed by atoms with E-state index in [9.17, 15) is 9.59 Å². The number of hydrogen-bond acceptors (Lipinski definition) is 3. The standard InChI is InChI=1S/C12H10BrCl2NO3/c13-3-1-2-4-16-9-6-7(14)5-8(15)10(9)11(17)19-12(16)18/h5-6H,1-4H2. The monoisotopic (exact) mass is 365 g/mol. The molecule has 0 saturated carbocycles. The average Bonchev–Trinajstić information content (AvgIpc) is 2.32. The summed E-state index contributed by atoms with van der Waals surface area (Å²) in [6.07, 6.45) is 1.68. The average molecular weight is 367 g/mol. The van der Waals surface area contributed by atoms with E-state index in [-0.39, 0.29) is 10.4 Å². The maximum atomic E-state index is 11.8. The summed E-state index contributed by atoms with van der Waals surface area (Å²) in [5, 5.41) is 1.59. The van der Waals surface area contributed by atoms with Crippen LogP contribution in [0.15, 0.2) is 26.1 Å². The van der Waals surface area contributed by atoms with Crippen molar-refractivity contribution in [1.82, 2.24) is 4.57 Å². The highest BCUT2D eigenvalue weighted by atomic mass is 79.9. The number of rotatable bonds is 4. The molecule has 2 rings (SSSR count). The van der Waals surface area contributed by atoms with Gasteiger partial charge in [-0.25, -0.2) is 9.59 Å². The quantitative estimate of drug-likeness (QED) is 0.615. The molecule has 0 aliphatic rings. The predicted molar refractivity (Wildman–Crippen MR) is 79.8 cm³/mol. The van der Waals surface area contributed by atoms with E-state index in [4.69, 9.17) is 23.2 Å². The third-order valence-corrected chi connectivity index (χ3v) is 3.77. The molecule has 0 spiro atoms. The van der Waals surface area contributed by atoms with Crippen LogP contribution < -0.4 is 11.4 Å². The molecule has 2 aromatic rings. The lowest BCUT2D eigenvalue weighted by Crippen LogP contribution is -2.25. The van der Waals surface area contributed by atoms with E-state index >= 15 is 0 Å². The normalized spacial score (nSPS) is 11.1. The summed E-state index contributed by atoms with van der Waals surface area (Å²) < 4.78 is 6.07. The number of aryl methyl sites for hydroxylation is 1. The summed E-state index contributed by atoms with van der Waals surface area (Å²) in [6, 6.07) is 3.00. The van der Waals surface area contributed by atoms with Crippen LogP contribution in [0, 0.1) is 0 Å².